The molecule has 0 unspecified atom stereocenters. The zero-order valence-electron chi connectivity index (χ0n) is 14.0. The molecule has 2 rings (SSSR count). The molecule has 0 heterocycles. The van der Waals surface area contributed by atoms with Gasteiger partial charge < -0.3 is 19.9 Å². The van der Waals surface area contributed by atoms with E-state index in [4.69, 9.17) is 9.47 Å². The van der Waals surface area contributed by atoms with Crippen molar-refractivity contribution < 1.29 is 24.2 Å². The molecular formula is C18H25NO5. The Balaban J connectivity index is 1.86. The Hall–Kier alpha value is -2.24. The molecule has 24 heavy (non-hydrogen) atoms. The molecular weight excluding hydrogens is 310 g/mol. The summed E-state index contributed by atoms with van der Waals surface area (Å²) in [7, 11) is 0. The van der Waals surface area contributed by atoms with Gasteiger partial charge in [-0.25, -0.2) is 0 Å². The second-order valence-corrected chi connectivity index (χ2v) is 6.09. The summed E-state index contributed by atoms with van der Waals surface area (Å²) < 4.78 is 10.9. The second-order valence-electron chi connectivity index (χ2n) is 6.09. The molecule has 6 heteroatoms. The van der Waals surface area contributed by atoms with Crippen LogP contribution in [-0.2, 0) is 9.59 Å². The number of amides is 1. The first-order valence-electron chi connectivity index (χ1n) is 8.42. The third-order valence-corrected chi connectivity index (χ3v) is 4.40. The number of hydrogen-bond donors (Lipinski definition) is 2. The third-order valence-electron chi connectivity index (χ3n) is 4.40. The summed E-state index contributed by atoms with van der Waals surface area (Å²) in [5.41, 5.74) is -0.836. The summed E-state index contributed by atoms with van der Waals surface area (Å²) >= 11 is 0. The predicted octanol–water partition coefficient (Wildman–Crippen LogP) is 2.62. The van der Waals surface area contributed by atoms with E-state index in [2.05, 4.69) is 5.32 Å². The maximum atomic E-state index is 12.0. The Labute approximate surface area is 142 Å². The molecule has 1 amide bonds. The van der Waals surface area contributed by atoms with Crippen molar-refractivity contribution in [1.82, 2.24) is 5.32 Å². The summed E-state index contributed by atoms with van der Waals surface area (Å²) in [4.78, 5) is 23.6. The first-order valence-corrected chi connectivity index (χ1v) is 8.42. The van der Waals surface area contributed by atoms with Crippen molar-refractivity contribution in [2.24, 2.45) is 5.41 Å². The lowest BCUT2D eigenvalue weighted by Gasteiger charge is -2.33. The fraction of sp³-hybridized carbons (Fsp3) is 0.556. The lowest BCUT2D eigenvalue weighted by molar-refractivity contribution is -0.151. The Bertz CT molecular complexity index is 566. The van der Waals surface area contributed by atoms with Gasteiger partial charge in [-0.2, -0.15) is 0 Å². The van der Waals surface area contributed by atoms with E-state index in [0.29, 0.717) is 30.9 Å². The summed E-state index contributed by atoms with van der Waals surface area (Å²) in [6.07, 6.45) is 4.05. The predicted molar refractivity (Wildman–Crippen MR) is 89.3 cm³/mol. The van der Waals surface area contributed by atoms with Crippen LogP contribution < -0.4 is 14.8 Å². The number of carboxylic acids is 1. The maximum absolute atomic E-state index is 12.0. The van der Waals surface area contributed by atoms with Crippen LogP contribution in [0.3, 0.4) is 0 Å². The van der Waals surface area contributed by atoms with Gasteiger partial charge in [0.25, 0.3) is 5.91 Å². The van der Waals surface area contributed by atoms with Crippen LogP contribution in [0.25, 0.3) is 0 Å². The highest BCUT2D eigenvalue weighted by molar-refractivity contribution is 5.80. The van der Waals surface area contributed by atoms with Gasteiger partial charge >= 0.3 is 5.97 Å². The van der Waals surface area contributed by atoms with E-state index in [1.807, 2.05) is 13.0 Å². The molecule has 1 aliphatic rings. The van der Waals surface area contributed by atoms with Crippen molar-refractivity contribution in [3.63, 3.8) is 0 Å². The topological polar surface area (TPSA) is 84.9 Å². The van der Waals surface area contributed by atoms with Crippen molar-refractivity contribution in [2.75, 3.05) is 19.8 Å². The maximum Gasteiger partial charge on any atom is 0.311 e. The first kappa shape index (κ1) is 18.1. The van der Waals surface area contributed by atoms with Crippen molar-refractivity contribution in [3.05, 3.63) is 24.3 Å². The highest BCUT2D eigenvalue weighted by atomic mass is 16.5. The minimum absolute atomic E-state index is 0.150. The van der Waals surface area contributed by atoms with Gasteiger partial charge in [-0.15, -0.1) is 0 Å². The fourth-order valence-corrected chi connectivity index (χ4v) is 3.00. The first-order chi connectivity index (χ1) is 11.6. The molecule has 1 aliphatic carbocycles. The number of para-hydroxylation sites is 2. The van der Waals surface area contributed by atoms with Gasteiger partial charge in [0.1, 0.15) is 0 Å². The molecule has 0 aliphatic heterocycles. The Morgan fingerprint density at radius 2 is 1.75 bits per heavy atom. The number of ether oxygens (including phenoxy) is 2. The zero-order valence-corrected chi connectivity index (χ0v) is 14.0. The number of rotatable bonds is 8. The van der Waals surface area contributed by atoms with E-state index >= 15 is 0 Å². The molecule has 1 aromatic rings. The Morgan fingerprint density at radius 3 is 2.33 bits per heavy atom. The van der Waals surface area contributed by atoms with E-state index in [1.54, 1.807) is 18.2 Å². The summed E-state index contributed by atoms with van der Waals surface area (Å²) in [5, 5.41) is 12.2. The lowest BCUT2D eigenvalue weighted by Crippen LogP contribution is -2.45. The molecule has 0 saturated heterocycles. The van der Waals surface area contributed by atoms with Gasteiger partial charge in [0.05, 0.1) is 12.0 Å². The molecule has 0 atom stereocenters. The lowest BCUT2D eigenvalue weighted by atomic mass is 9.74. The highest BCUT2D eigenvalue weighted by Gasteiger charge is 2.39. The number of carbonyl (C=O) groups is 2. The van der Waals surface area contributed by atoms with Crippen LogP contribution >= 0.6 is 0 Å². The van der Waals surface area contributed by atoms with E-state index in [1.165, 1.54) is 0 Å². The number of aliphatic carboxylic acids is 1. The standard InChI is InChI=1S/C18H25NO5/c1-2-23-14-8-4-5-9-15(14)24-12-16(20)19-13-18(17(21)22)10-6-3-7-11-18/h4-5,8-9H,2-3,6-7,10-13H2,1H3,(H,19,20)(H,21,22). The van der Waals surface area contributed by atoms with Crippen molar-refractivity contribution in [2.45, 2.75) is 39.0 Å². The summed E-state index contributed by atoms with van der Waals surface area (Å²) in [5.74, 6) is -0.0696. The number of nitrogens with one attached hydrogen (secondary N) is 1. The minimum atomic E-state index is -0.836. The molecule has 1 saturated carbocycles. The van der Waals surface area contributed by atoms with Crippen LogP contribution in [0.15, 0.2) is 24.3 Å². The molecule has 0 aromatic heterocycles. The van der Waals surface area contributed by atoms with Crippen LogP contribution in [0.5, 0.6) is 11.5 Å². The van der Waals surface area contributed by atoms with Crippen LogP contribution in [0.2, 0.25) is 0 Å². The zero-order chi connectivity index (χ0) is 17.4. The van der Waals surface area contributed by atoms with Gasteiger partial charge in [0.15, 0.2) is 18.1 Å². The van der Waals surface area contributed by atoms with E-state index in [9.17, 15) is 14.7 Å². The molecule has 2 N–H and O–H groups in total. The monoisotopic (exact) mass is 335 g/mol. The quantitative estimate of drug-likeness (QED) is 0.763. The van der Waals surface area contributed by atoms with Gasteiger partial charge in [-0.3, -0.25) is 9.59 Å². The number of carboxylic acid groups (broad SMARTS) is 1. The minimum Gasteiger partial charge on any atom is -0.490 e. The average Bonchev–Trinajstić information content (AvgIpc) is 2.60. The molecule has 6 nitrogen and oxygen atoms in total. The second kappa shape index (κ2) is 8.57. The van der Waals surface area contributed by atoms with Gasteiger partial charge in [0, 0.05) is 6.54 Å². The summed E-state index contributed by atoms with van der Waals surface area (Å²) in [6, 6.07) is 7.14. The average molecular weight is 335 g/mol. The van der Waals surface area contributed by atoms with Gasteiger partial charge in [-0.1, -0.05) is 31.4 Å². The van der Waals surface area contributed by atoms with E-state index in [-0.39, 0.29) is 19.1 Å². The van der Waals surface area contributed by atoms with Crippen molar-refractivity contribution >= 4 is 11.9 Å². The van der Waals surface area contributed by atoms with Crippen LogP contribution in [0, 0.1) is 5.41 Å². The fourth-order valence-electron chi connectivity index (χ4n) is 3.00. The smallest absolute Gasteiger partial charge is 0.311 e. The van der Waals surface area contributed by atoms with E-state index < -0.39 is 11.4 Å². The van der Waals surface area contributed by atoms with Crippen LogP contribution in [0.1, 0.15) is 39.0 Å². The molecule has 132 valence electrons. The van der Waals surface area contributed by atoms with Gasteiger partial charge in [0.2, 0.25) is 0 Å². The van der Waals surface area contributed by atoms with Crippen LogP contribution in [-0.4, -0.2) is 36.7 Å². The molecule has 0 spiro atoms. The largest absolute Gasteiger partial charge is 0.490 e. The molecule has 1 aromatic carbocycles. The number of hydrogen-bond acceptors (Lipinski definition) is 4. The normalized spacial score (nSPS) is 16.2. The number of carbonyl (C=O) groups excluding carboxylic acids is 1. The SMILES string of the molecule is CCOc1ccccc1OCC(=O)NCC1(C(=O)O)CCCCC1. The third kappa shape index (κ3) is 4.63. The van der Waals surface area contributed by atoms with Crippen molar-refractivity contribution in [3.8, 4) is 11.5 Å². The summed E-state index contributed by atoms with van der Waals surface area (Å²) in [6.45, 7) is 2.37. The van der Waals surface area contributed by atoms with Crippen molar-refractivity contribution in [1.29, 1.82) is 0 Å². The molecule has 0 radical (unpaired) electrons. The Morgan fingerprint density at radius 1 is 1.12 bits per heavy atom. The molecule has 0 bridgehead atoms. The van der Waals surface area contributed by atoms with Crippen LogP contribution in [0.4, 0.5) is 0 Å². The Kier molecular flexibility index (Phi) is 6.46. The number of benzene rings is 1. The van der Waals surface area contributed by atoms with E-state index in [0.717, 1.165) is 19.3 Å². The highest BCUT2D eigenvalue weighted by Crippen LogP contribution is 2.36. The van der Waals surface area contributed by atoms with Gasteiger partial charge in [-0.05, 0) is 31.9 Å². The molecule has 1 fully saturated rings.